The van der Waals surface area contributed by atoms with Crippen LogP contribution in [0.2, 0.25) is 5.02 Å². The van der Waals surface area contributed by atoms with Crippen molar-refractivity contribution >= 4 is 28.5 Å². The summed E-state index contributed by atoms with van der Waals surface area (Å²) in [5.41, 5.74) is 2.81. The number of hydrogen-bond donors (Lipinski definition) is 1. The molecule has 1 N–H and O–H groups in total. The molecular formula is C22H24ClN2O3+. The van der Waals surface area contributed by atoms with Crippen molar-refractivity contribution in [1.29, 1.82) is 0 Å². The molecule has 1 fully saturated rings. The van der Waals surface area contributed by atoms with E-state index in [-0.39, 0.29) is 5.91 Å². The molecule has 1 aliphatic heterocycles. The van der Waals surface area contributed by atoms with Gasteiger partial charge in [0.25, 0.3) is 5.91 Å². The van der Waals surface area contributed by atoms with E-state index in [1.54, 1.807) is 7.11 Å². The van der Waals surface area contributed by atoms with E-state index in [0.29, 0.717) is 24.4 Å². The summed E-state index contributed by atoms with van der Waals surface area (Å²) in [4.78, 5) is 16.4. The number of hydrogen-bond acceptors (Lipinski definition) is 3. The number of carbonyl (C=O) groups excluding carboxylic acids is 1. The number of halogens is 1. The lowest BCUT2D eigenvalue weighted by molar-refractivity contribution is -0.917. The summed E-state index contributed by atoms with van der Waals surface area (Å²) in [5, 5.41) is 1.69. The average Bonchev–Trinajstić information content (AvgIpc) is 3.04. The highest BCUT2D eigenvalue weighted by Gasteiger charge is 2.28. The molecule has 0 aliphatic carbocycles. The molecule has 0 atom stereocenters. The van der Waals surface area contributed by atoms with E-state index in [0.717, 1.165) is 41.4 Å². The van der Waals surface area contributed by atoms with Crippen LogP contribution in [-0.4, -0.2) is 44.1 Å². The number of nitrogens with zero attached hydrogens (tertiary/aromatic N) is 1. The molecule has 146 valence electrons. The fourth-order valence-electron chi connectivity index (χ4n) is 3.81. The number of methoxy groups -OCH3 is 1. The van der Waals surface area contributed by atoms with E-state index >= 15 is 0 Å². The zero-order valence-corrected chi connectivity index (χ0v) is 16.9. The standard InChI is InChI=1S/C22H23ClN2O3/c1-15-19-13-18(27-2)6-7-20(19)28-21(15)22(26)25-10-8-24(9-11-25)14-16-4-3-5-17(23)12-16/h3-7,12-13H,8-11,14H2,1-2H3/p+1. The summed E-state index contributed by atoms with van der Waals surface area (Å²) in [6, 6.07) is 13.6. The first-order valence-electron chi connectivity index (χ1n) is 9.49. The normalized spacial score (nSPS) is 15.2. The lowest BCUT2D eigenvalue weighted by Gasteiger charge is -2.32. The highest BCUT2D eigenvalue weighted by Crippen LogP contribution is 2.29. The smallest absolute Gasteiger partial charge is 0.290 e. The van der Waals surface area contributed by atoms with Gasteiger partial charge in [-0.3, -0.25) is 4.79 Å². The van der Waals surface area contributed by atoms with Crippen LogP contribution < -0.4 is 9.64 Å². The van der Waals surface area contributed by atoms with Crippen LogP contribution in [0.1, 0.15) is 21.7 Å². The van der Waals surface area contributed by atoms with Crippen LogP contribution in [-0.2, 0) is 6.54 Å². The first-order valence-corrected chi connectivity index (χ1v) is 9.87. The first kappa shape index (κ1) is 18.8. The predicted octanol–water partition coefficient (Wildman–Crippen LogP) is 2.94. The van der Waals surface area contributed by atoms with Gasteiger partial charge in [-0.2, -0.15) is 0 Å². The Balaban J connectivity index is 1.44. The topological polar surface area (TPSA) is 47.1 Å². The number of piperazine rings is 1. The van der Waals surface area contributed by atoms with Gasteiger partial charge in [-0.05, 0) is 37.3 Å². The molecule has 1 aromatic heterocycles. The van der Waals surface area contributed by atoms with E-state index < -0.39 is 0 Å². The Morgan fingerprint density at radius 1 is 1.21 bits per heavy atom. The molecule has 1 amide bonds. The zero-order chi connectivity index (χ0) is 19.7. The summed E-state index contributed by atoms with van der Waals surface area (Å²) in [6.07, 6.45) is 0. The van der Waals surface area contributed by atoms with Gasteiger partial charge in [0.15, 0.2) is 5.76 Å². The number of quaternary nitrogens is 1. The number of rotatable bonds is 4. The van der Waals surface area contributed by atoms with Crippen molar-refractivity contribution < 1.29 is 18.8 Å². The summed E-state index contributed by atoms with van der Waals surface area (Å²) in [5.74, 6) is 1.16. The van der Waals surface area contributed by atoms with Gasteiger partial charge in [-0.15, -0.1) is 0 Å². The molecule has 1 saturated heterocycles. The van der Waals surface area contributed by atoms with Gasteiger partial charge in [0.1, 0.15) is 17.9 Å². The Morgan fingerprint density at radius 3 is 2.71 bits per heavy atom. The van der Waals surface area contributed by atoms with Gasteiger partial charge < -0.3 is 19.0 Å². The minimum absolute atomic E-state index is 0.0329. The number of furan rings is 1. The predicted molar refractivity (Wildman–Crippen MR) is 109 cm³/mol. The molecule has 6 heteroatoms. The molecule has 3 aromatic rings. The lowest BCUT2D eigenvalue weighted by Crippen LogP contribution is -3.13. The van der Waals surface area contributed by atoms with Crippen LogP contribution in [0.25, 0.3) is 11.0 Å². The number of amides is 1. The molecule has 2 aromatic carbocycles. The second kappa shape index (κ2) is 7.86. The van der Waals surface area contributed by atoms with Crippen molar-refractivity contribution in [2.75, 3.05) is 33.3 Å². The largest absolute Gasteiger partial charge is 0.497 e. The third kappa shape index (κ3) is 3.73. The zero-order valence-electron chi connectivity index (χ0n) is 16.1. The Bertz CT molecular complexity index is 1010. The first-order chi connectivity index (χ1) is 13.5. The molecule has 0 bridgehead atoms. The highest BCUT2D eigenvalue weighted by molar-refractivity contribution is 6.30. The summed E-state index contributed by atoms with van der Waals surface area (Å²) in [7, 11) is 1.63. The Hall–Kier alpha value is -2.50. The summed E-state index contributed by atoms with van der Waals surface area (Å²) < 4.78 is 11.2. The maximum absolute atomic E-state index is 13.0. The van der Waals surface area contributed by atoms with Gasteiger partial charge in [-0.1, -0.05) is 23.7 Å². The molecule has 0 unspecified atom stereocenters. The monoisotopic (exact) mass is 399 g/mol. The number of nitrogens with one attached hydrogen (secondary N) is 1. The van der Waals surface area contributed by atoms with Crippen LogP contribution >= 0.6 is 11.6 Å². The fraction of sp³-hybridized carbons (Fsp3) is 0.318. The van der Waals surface area contributed by atoms with Crippen LogP contribution in [0.4, 0.5) is 0 Å². The molecule has 4 rings (SSSR count). The van der Waals surface area contributed by atoms with Crippen molar-refractivity contribution in [3.05, 3.63) is 64.4 Å². The van der Waals surface area contributed by atoms with Gasteiger partial charge in [0.05, 0.1) is 33.3 Å². The Kier molecular flexibility index (Phi) is 5.29. The van der Waals surface area contributed by atoms with Gasteiger partial charge in [-0.25, -0.2) is 0 Å². The van der Waals surface area contributed by atoms with Crippen LogP contribution in [0.3, 0.4) is 0 Å². The van der Waals surface area contributed by atoms with Gasteiger partial charge in [0.2, 0.25) is 0 Å². The highest BCUT2D eigenvalue weighted by atomic mass is 35.5. The van der Waals surface area contributed by atoms with Crippen molar-refractivity contribution in [1.82, 2.24) is 4.90 Å². The quantitative estimate of drug-likeness (QED) is 0.733. The van der Waals surface area contributed by atoms with Crippen LogP contribution in [0, 0.1) is 6.92 Å². The van der Waals surface area contributed by atoms with Gasteiger partial charge >= 0.3 is 0 Å². The number of carbonyl (C=O) groups is 1. The fourth-order valence-corrected chi connectivity index (χ4v) is 4.03. The maximum Gasteiger partial charge on any atom is 0.290 e. The van der Waals surface area contributed by atoms with Crippen molar-refractivity contribution in [2.24, 2.45) is 0 Å². The minimum atomic E-state index is -0.0329. The van der Waals surface area contributed by atoms with Crippen molar-refractivity contribution in [3.8, 4) is 5.75 Å². The molecule has 5 nitrogen and oxygen atoms in total. The Labute approximate surface area is 169 Å². The Morgan fingerprint density at radius 2 is 2.00 bits per heavy atom. The third-order valence-corrected chi connectivity index (χ3v) is 5.67. The number of benzene rings is 2. The number of aryl methyl sites for hydroxylation is 1. The molecule has 0 spiro atoms. The third-order valence-electron chi connectivity index (χ3n) is 5.44. The lowest BCUT2D eigenvalue weighted by atomic mass is 10.1. The molecular weight excluding hydrogens is 376 g/mol. The molecule has 28 heavy (non-hydrogen) atoms. The van der Waals surface area contributed by atoms with E-state index in [1.807, 2.05) is 48.2 Å². The van der Waals surface area contributed by atoms with Crippen LogP contribution in [0.15, 0.2) is 46.9 Å². The number of ether oxygens (including phenoxy) is 1. The minimum Gasteiger partial charge on any atom is -0.497 e. The summed E-state index contributed by atoms with van der Waals surface area (Å²) in [6.45, 7) is 6.10. The van der Waals surface area contributed by atoms with E-state index in [4.69, 9.17) is 20.8 Å². The van der Waals surface area contributed by atoms with Gasteiger partial charge in [0, 0.05) is 21.5 Å². The summed E-state index contributed by atoms with van der Waals surface area (Å²) >= 11 is 6.08. The van der Waals surface area contributed by atoms with E-state index in [9.17, 15) is 4.79 Å². The molecule has 2 heterocycles. The second-order valence-corrected chi connectivity index (χ2v) is 7.70. The molecule has 0 radical (unpaired) electrons. The molecule has 1 aliphatic rings. The molecule has 0 saturated carbocycles. The SMILES string of the molecule is COc1ccc2oc(C(=O)N3CC[NH+](Cc4cccc(Cl)c4)CC3)c(C)c2c1. The van der Waals surface area contributed by atoms with Crippen LogP contribution in [0.5, 0.6) is 5.75 Å². The van der Waals surface area contributed by atoms with Crippen molar-refractivity contribution in [3.63, 3.8) is 0 Å². The van der Waals surface area contributed by atoms with E-state index in [2.05, 4.69) is 6.07 Å². The maximum atomic E-state index is 13.0. The second-order valence-electron chi connectivity index (χ2n) is 7.27. The number of fused-ring (bicyclic) bond motifs is 1. The van der Waals surface area contributed by atoms with Crippen molar-refractivity contribution in [2.45, 2.75) is 13.5 Å². The average molecular weight is 400 g/mol. The van der Waals surface area contributed by atoms with E-state index in [1.165, 1.54) is 10.5 Å².